The van der Waals surface area contributed by atoms with Gasteiger partial charge in [0, 0.05) is 35.8 Å². The second-order valence-electron chi connectivity index (χ2n) is 7.87. The number of carbonyl (C=O) groups excluding carboxylic acids is 1. The van der Waals surface area contributed by atoms with Crippen LogP contribution in [-0.4, -0.2) is 32.3 Å². The number of carbonyl (C=O) groups is 1. The van der Waals surface area contributed by atoms with E-state index in [4.69, 9.17) is 16.4 Å². The highest BCUT2D eigenvalue weighted by Crippen LogP contribution is 2.33. The average molecular weight is 469 g/mol. The van der Waals surface area contributed by atoms with Crippen LogP contribution >= 0.6 is 11.6 Å². The Labute approximate surface area is 195 Å². The molecule has 9 nitrogen and oxygen atoms in total. The zero-order chi connectivity index (χ0) is 23.9. The van der Waals surface area contributed by atoms with Crippen molar-refractivity contribution in [3.63, 3.8) is 0 Å². The molecule has 0 saturated heterocycles. The smallest absolute Gasteiger partial charge is 0.295 e. The van der Waals surface area contributed by atoms with Gasteiger partial charge in [0.2, 0.25) is 0 Å². The zero-order valence-corrected chi connectivity index (χ0v) is 19.8. The molecule has 0 spiro atoms. The van der Waals surface area contributed by atoms with E-state index >= 15 is 0 Å². The van der Waals surface area contributed by atoms with Crippen LogP contribution in [-0.2, 0) is 18.4 Å². The van der Waals surface area contributed by atoms with E-state index < -0.39 is 5.91 Å². The summed E-state index contributed by atoms with van der Waals surface area (Å²) in [6.07, 6.45) is 1.80. The van der Waals surface area contributed by atoms with Crippen LogP contribution in [0.15, 0.2) is 35.3 Å². The van der Waals surface area contributed by atoms with Crippen LogP contribution < -0.4 is 16.4 Å². The molecule has 0 fully saturated rings. The summed E-state index contributed by atoms with van der Waals surface area (Å²) in [5.41, 5.74) is 5.41. The van der Waals surface area contributed by atoms with Gasteiger partial charge < -0.3 is 5.32 Å². The predicted octanol–water partition coefficient (Wildman–Crippen LogP) is 3.73. The van der Waals surface area contributed by atoms with Crippen molar-refractivity contribution in [1.29, 1.82) is 0 Å². The van der Waals surface area contributed by atoms with Gasteiger partial charge >= 0.3 is 0 Å². The minimum absolute atomic E-state index is 0.0850. The fourth-order valence-electron chi connectivity index (χ4n) is 4.22. The molecule has 1 unspecified atom stereocenters. The first-order valence-corrected chi connectivity index (χ1v) is 10.9. The summed E-state index contributed by atoms with van der Waals surface area (Å²) in [6.45, 7) is 6.55. The quantitative estimate of drug-likeness (QED) is 0.330. The van der Waals surface area contributed by atoms with Crippen molar-refractivity contribution in [3.05, 3.63) is 62.8 Å². The molecule has 3 heterocycles. The Kier molecular flexibility index (Phi) is 6.09. The molecular weight excluding hydrogens is 444 g/mol. The molecule has 0 aliphatic carbocycles. The molecule has 10 heteroatoms. The number of hydrogen-bond donors (Lipinski definition) is 2. The van der Waals surface area contributed by atoms with Crippen LogP contribution in [0.25, 0.3) is 21.8 Å². The number of pyridine rings is 2. The number of aryl methyl sites for hydroxylation is 3. The fraction of sp³-hybridized carbons (Fsp3) is 0.304. The van der Waals surface area contributed by atoms with E-state index in [0.29, 0.717) is 17.6 Å². The minimum atomic E-state index is -0.524. The first kappa shape index (κ1) is 22.8. The number of nitrogens with one attached hydrogen (secondary N) is 2. The van der Waals surface area contributed by atoms with Gasteiger partial charge in [-0.3, -0.25) is 19.0 Å². The van der Waals surface area contributed by atoms with Gasteiger partial charge in [0.1, 0.15) is 10.8 Å². The molecule has 3 aromatic heterocycles. The van der Waals surface area contributed by atoms with Gasteiger partial charge in [-0.15, -0.1) is 0 Å². The number of amides is 1. The summed E-state index contributed by atoms with van der Waals surface area (Å²) < 4.78 is 3.46. The average Bonchev–Trinajstić information content (AvgIpc) is 3.22. The Morgan fingerprint density at radius 1 is 1.27 bits per heavy atom. The van der Waals surface area contributed by atoms with Crippen molar-refractivity contribution < 1.29 is 9.63 Å². The van der Waals surface area contributed by atoms with Gasteiger partial charge in [-0.05, 0) is 50.1 Å². The second kappa shape index (κ2) is 8.84. The topological polar surface area (TPSA) is 103 Å². The van der Waals surface area contributed by atoms with Gasteiger partial charge in [0.15, 0.2) is 5.69 Å². The van der Waals surface area contributed by atoms with E-state index in [1.165, 1.54) is 7.11 Å². The Hall–Kier alpha value is -3.43. The lowest BCUT2D eigenvalue weighted by Gasteiger charge is -2.21. The summed E-state index contributed by atoms with van der Waals surface area (Å²) in [5, 5.41) is 10.4. The highest BCUT2D eigenvalue weighted by atomic mass is 35.5. The third kappa shape index (κ3) is 3.94. The summed E-state index contributed by atoms with van der Waals surface area (Å²) in [5.74, 6) is -0.524. The van der Waals surface area contributed by atoms with Crippen LogP contribution in [0, 0.1) is 6.92 Å². The molecule has 33 heavy (non-hydrogen) atoms. The first-order valence-electron chi connectivity index (χ1n) is 10.5. The normalized spacial score (nSPS) is 12.3. The van der Waals surface area contributed by atoms with Gasteiger partial charge in [0.05, 0.1) is 19.0 Å². The van der Waals surface area contributed by atoms with Crippen LogP contribution in [0.1, 0.15) is 41.5 Å². The SMILES string of the molecule is CCn1ncc2c3c(C(C)Nc4ccc(Cl)nc4C(=O)NOC)cc(C)cc3c(=O)n(C)c21. The molecule has 0 radical (unpaired) electrons. The van der Waals surface area contributed by atoms with E-state index in [9.17, 15) is 9.59 Å². The van der Waals surface area contributed by atoms with Crippen molar-refractivity contribution >= 4 is 45.0 Å². The Bertz CT molecular complexity index is 1440. The van der Waals surface area contributed by atoms with Gasteiger partial charge in [0.25, 0.3) is 11.5 Å². The first-order chi connectivity index (χ1) is 15.8. The van der Waals surface area contributed by atoms with Gasteiger partial charge in [-0.2, -0.15) is 5.10 Å². The number of nitrogens with zero attached hydrogens (tertiary/aromatic N) is 4. The van der Waals surface area contributed by atoms with Crippen molar-refractivity contribution in [2.45, 2.75) is 33.4 Å². The molecule has 2 N–H and O–H groups in total. The fourth-order valence-corrected chi connectivity index (χ4v) is 4.37. The third-order valence-electron chi connectivity index (χ3n) is 5.66. The van der Waals surface area contributed by atoms with E-state index in [2.05, 4.69) is 20.9 Å². The van der Waals surface area contributed by atoms with Crippen LogP contribution in [0.5, 0.6) is 0 Å². The molecule has 0 aliphatic heterocycles. The van der Waals surface area contributed by atoms with Crippen molar-refractivity contribution in [3.8, 4) is 0 Å². The van der Waals surface area contributed by atoms with E-state index in [0.717, 1.165) is 27.5 Å². The lowest BCUT2D eigenvalue weighted by atomic mass is 9.95. The third-order valence-corrected chi connectivity index (χ3v) is 5.87. The maximum atomic E-state index is 13.3. The van der Waals surface area contributed by atoms with Crippen molar-refractivity contribution in [2.24, 2.45) is 7.05 Å². The Balaban J connectivity index is 1.91. The molecule has 0 aliphatic rings. The molecule has 1 amide bonds. The maximum absolute atomic E-state index is 13.3. The molecule has 0 saturated carbocycles. The highest BCUT2D eigenvalue weighted by molar-refractivity contribution is 6.29. The summed E-state index contributed by atoms with van der Waals surface area (Å²) in [4.78, 5) is 34.6. The van der Waals surface area contributed by atoms with E-state index in [1.54, 1.807) is 29.9 Å². The summed E-state index contributed by atoms with van der Waals surface area (Å²) >= 11 is 6.02. The molecule has 4 aromatic rings. The number of hydroxylamine groups is 1. The molecule has 1 atom stereocenters. The van der Waals surface area contributed by atoms with Crippen LogP contribution in [0.2, 0.25) is 5.15 Å². The molecule has 172 valence electrons. The molecule has 1 aromatic carbocycles. The highest BCUT2D eigenvalue weighted by Gasteiger charge is 2.21. The Morgan fingerprint density at radius 2 is 2.03 bits per heavy atom. The van der Waals surface area contributed by atoms with Crippen LogP contribution in [0.3, 0.4) is 0 Å². The molecule has 4 rings (SSSR count). The van der Waals surface area contributed by atoms with E-state index in [1.807, 2.05) is 37.6 Å². The maximum Gasteiger partial charge on any atom is 0.295 e. The number of aromatic nitrogens is 4. The lowest BCUT2D eigenvalue weighted by molar-refractivity contribution is 0.0533. The number of halogens is 1. The zero-order valence-electron chi connectivity index (χ0n) is 19.1. The largest absolute Gasteiger partial charge is 0.377 e. The van der Waals surface area contributed by atoms with Gasteiger partial charge in [-0.1, -0.05) is 17.7 Å². The second-order valence-corrected chi connectivity index (χ2v) is 8.26. The molecular formula is C23H25ClN6O3. The van der Waals surface area contributed by atoms with Crippen LogP contribution in [0.4, 0.5) is 5.69 Å². The monoisotopic (exact) mass is 468 g/mol. The standard InChI is InChI=1S/C23H25ClN6O3/c1-6-30-22-16(11-25-30)19-14(9-12(2)10-15(19)23(32)29(22)4)13(3)26-17-7-8-18(24)27-20(17)21(31)28-33-5/h7-11,13,26H,6H2,1-5H3,(H,28,31). The lowest BCUT2D eigenvalue weighted by Crippen LogP contribution is -2.25. The van der Waals surface area contributed by atoms with Crippen molar-refractivity contribution in [2.75, 3.05) is 12.4 Å². The predicted molar refractivity (Wildman–Crippen MR) is 129 cm³/mol. The number of hydrogen-bond acceptors (Lipinski definition) is 6. The molecule has 0 bridgehead atoms. The number of fused-ring (bicyclic) bond motifs is 3. The summed E-state index contributed by atoms with van der Waals surface area (Å²) in [7, 11) is 3.11. The van der Waals surface area contributed by atoms with Gasteiger partial charge in [-0.25, -0.2) is 15.1 Å². The van der Waals surface area contributed by atoms with E-state index in [-0.39, 0.29) is 22.4 Å². The summed E-state index contributed by atoms with van der Waals surface area (Å²) in [6, 6.07) is 6.97. The van der Waals surface area contributed by atoms with Crippen molar-refractivity contribution in [1.82, 2.24) is 24.8 Å². The number of rotatable bonds is 6. The minimum Gasteiger partial charge on any atom is -0.377 e. The number of benzene rings is 1. The Morgan fingerprint density at radius 3 is 2.73 bits per heavy atom. The number of anilines is 1.